The minimum atomic E-state index is -4.87. The number of carbonyl (C=O) groups is 1. The molecule has 34 heavy (non-hydrogen) atoms. The van der Waals surface area contributed by atoms with E-state index in [9.17, 15) is 26.4 Å². The van der Waals surface area contributed by atoms with Crippen LogP contribution < -0.4 is 9.47 Å². The lowest BCUT2D eigenvalue weighted by atomic mass is 9.98. The number of hydrogen-bond donors (Lipinski definition) is 0. The second-order valence-corrected chi connectivity index (χ2v) is 9.53. The van der Waals surface area contributed by atoms with Crippen LogP contribution in [-0.4, -0.2) is 57.4 Å². The second-order valence-electron chi connectivity index (χ2n) is 7.62. The molecule has 3 rings (SSSR count). The smallest absolute Gasteiger partial charge is 0.417 e. The highest BCUT2D eigenvalue weighted by molar-refractivity contribution is 7.89. The number of halogens is 3. The van der Waals surface area contributed by atoms with E-state index in [0.29, 0.717) is 34.8 Å². The van der Waals surface area contributed by atoms with Crippen molar-refractivity contribution in [3.8, 4) is 11.5 Å². The molecular weight excluding hydrogens is 473 g/mol. The zero-order valence-corrected chi connectivity index (χ0v) is 19.6. The Morgan fingerprint density at radius 2 is 1.76 bits per heavy atom. The molecular formula is C23H25F3N2O5S. The van der Waals surface area contributed by atoms with Crippen LogP contribution in [0.3, 0.4) is 0 Å². The number of nitrogens with zero attached hydrogens (tertiary/aromatic N) is 2. The molecule has 0 spiro atoms. The maximum absolute atomic E-state index is 13.4. The Balaban J connectivity index is 1.86. The summed E-state index contributed by atoms with van der Waals surface area (Å²) in [6.45, 7) is 3.07. The molecule has 0 aliphatic carbocycles. The topological polar surface area (TPSA) is 76.2 Å². The third kappa shape index (κ3) is 5.20. The van der Waals surface area contributed by atoms with Crippen LogP contribution in [0, 0.1) is 0 Å². The van der Waals surface area contributed by atoms with Crippen molar-refractivity contribution in [2.45, 2.75) is 24.0 Å². The summed E-state index contributed by atoms with van der Waals surface area (Å²) in [5, 5.41) is 0. The van der Waals surface area contributed by atoms with Crippen LogP contribution in [0.15, 0.2) is 53.9 Å². The molecule has 1 heterocycles. The monoisotopic (exact) mass is 498 g/mol. The highest BCUT2D eigenvalue weighted by atomic mass is 32.2. The first-order valence-electron chi connectivity index (χ1n) is 10.3. The molecule has 7 nitrogen and oxygen atoms in total. The summed E-state index contributed by atoms with van der Waals surface area (Å²) in [5.41, 5.74) is 0.499. The Morgan fingerprint density at radius 1 is 1.15 bits per heavy atom. The summed E-state index contributed by atoms with van der Waals surface area (Å²) in [6, 6.07) is 7.49. The van der Waals surface area contributed by atoms with Crippen LogP contribution in [0.25, 0.3) is 0 Å². The van der Waals surface area contributed by atoms with E-state index in [1.54, 1.807) is 6.07 Å². The maximum Gasteiger partial charge on any atom is 0.417 e. The van der Waals surface area contributed by atoms with Crippen LogP contribution in [0.5, 0.6) is 11.5 Å². The molecule has 0 N–H and O–H groups in total. The van der Waals surface area contributed by atoms with Gasteiger partial charge >= 0.3 is 6.18 Å². The van der Waals surface area contributed by atoms with E-state index < -0.39 is 39.1 Å². The Morgan fingerprint density at radius 3 is 2.35 bits per heavy atom. The Bertz CT molecular complexity index is 1180. The number of amides is 1. The molecule has 0 radical (unpaired) electrons. The highest BCUT2D eigenvalue weighted by Crippen LogP contribution is 2.36. The first kappa shape index (κ1) is 25.6. The summed E-state index contributed by atoms with van der Waals surface area (Å²) < 4.78 is 77.9. The van der Waals surface area contributed by atoms with Crippen LogP contribution in [-0.2, 0) is 34.0 Å². The van der Waals surface area contributed by atoms with Crippen molar-refractivity contribution in [3.63, 3.8) is 0 Å². The number of methoxy groups -OCH3 is 2. The lowest BCUT2D eigenvalue weighted by molar-refractivity contribution is -0.139. The number of rotatable bonds is 8. The fourth-order valence-corrected chi connectivity index (χ4v) is 5.38. The average Bonchev–Trinajstić information content (AvgIpc) is 2.81. The zero-order chi connectivity index (χ0) is 25.1. The first-order chi connectivity index (χ1) is 16.0. The van der Waals surface area contributed by atoms with Crippen molar-refractivity contribution in [3.05, 3.63) is 65.7 Å². The molecule has 0 atom stereocenters. The van der Waals surface area contributed by atoms with Crippen molar-refractivity contribution in [1.82, 2.24) is 9.21 Å². The largest absolute Gasteiger partial charge is 0.493 e. The molecule has 1 amide bonds. The summed E-state index contributed by atoms with van der Waals surface area (Å²) in [4.78, 5) is 13.6. The lowest BCUT2D eigenvalue weighted by Gasteiger charge is -2.31. The van der Waals surface area contributed by atoms with Gasteiger partial charge in [-0.3, -0.25) is 4.79 Å². The van der Waals surface area contributed by atoms with Gasteiger partial charge in [-0.1, -0.05) is 18.2 Å². The van der Waals surface area contributed by atoms with Gasteiger partial charge in [-0.05, 0) is 41.8 Å². The van der Waals surface area contributed by atoms with Gasteiger partial charge in [0, 0.05) is 19.6 Å². The SMILES string of the molecule is C=CCN(CC(=O)N1CCc2cc(OC)c(OC)cc2C1)S(=O)(=O)c1ccccc1C(F)(F)F. The minimum Gasteiger partial charge on any atom is -0.493 e. The van der Waals surface area contributed by atoms with E-state index in [0.717, 1.165) is 23.3 Å². The van der Waals surface area contributed by atoms with Gasteiger partial charge in [0.15, 0.2) is 11.5 Å². The van der Waals surface area contributed by atoms with Gasteiger partial charge in [-0.2, -0.15) is 17.5 Å². The number of ether oxygens (including phenoxy) is 2. The first-order valence-corrected chi connectivity index (χ1v) is 11.8. The molecule has 0 saturated carbocycles. The van der Waals surface area contributed by atoms with Gasteiger partial charge in [0.25, 0.3) is 0 Å². The Hall–Kier alpha value is -3.05. The van der Waals surface area contributed by atoms with Crippen molar-refractivity contribution in [1.29, 1.82) is 0 Å². The van der Waals surface area contributed by atoms with E-state index in [2.05, 4.69) is 6.58 Å². The fraction of sp³-hybridized carbons (Fsp3) is 0.348. The Labute approximate surface area is 196 Å². The maximum atomic E-state index is 13.4. The quantitative estimate of drug-likeness (QED) is 0.521. The molecule has 0 saturated heterocycles. The minimum absolute atomic E-state index is 0.204. The van der Waals surface area contributed by atoms with E-state index >= 15 is 0 Å². The summed E-state index contributed by atoms with van der Waals surface area (Å²) in [6.07, 6.45) is -3.14. The van der Waals surface area contributed by atoms with Crippen LogP contribution in [0.2, 0.25) is 0 Å². The molecule has 0 fully saturated rings. The number of fused-ring (bicyclic) bond motifs is 1. The summed E-state index contributed by atoms with van der Waals surface area (Å²) in [5.74, 6) is 0.526. The fourth-order valence-electron chi connectivity index (χ4n) is 3.80. The third-order valence-corrected chi connectivity index (χ3v) is 7.40. The molecule has 2 aromatic carbocycles. The molecule has 1 aliphatic heterocycles. The molecule has 2 aromatic rings. The van der Waals surface area contributed by atoms with E-state index in [4.69, 9.17) is 9.47 Å². The number of benzene rings is 2. The molecule has 0 unspecified atom stereocenters. The third-order valence-electron chi connectivity index (χ3n) is 5.53. The summed E-state index contributed by atoms with van der Waals surface area (Å²) >= 11 is 0. The standard InChI is InChI=1S/C23H25F3N2O5S/c1-4-10-28(34(30,31)21-8-6-5-7-18(21)23(24,25)26)15-22(29)27-11-9-16-12-19(32-2)20(33-3)13-17(16)14-27/h4-8,12-13H,1,9-11,14-15H2,2-3H3. The van der Waals surface area contributed by atoms with Gasteiger partial charge in [0.2, 0.25) is 15.9 Å². The number of sulfonamides is 1. The van der Waals surface area contributed by atoms with Crippen LogP contribution in [0.4, 0.5) is 13.2 Å². The predicted octanol–water partition coefficient (Wildman–Crippen LogP) is 3.48. The molecule has 1 aliphatic rings. The molecule has 11 heteroatoms. The van der Waals surface area contributed by atoms with Gasteiger partial charge < -0.3 is 14.4 Å². The molecule has 0 aromatic heterocycles. The number of alkyl halides is 3. The molecule has 184 valence electrons. The van der Waals surface area contributed by atoms with E-state index in [1.807, 2.05) is 6.07 Å². The van der Waals surface area contributed by atoms with Crippen molar-refractivity contribution in [2.24, 2.45) is 0 Å². The normalized spacial score (nSPS) is 14.0. The number of hydrogen-bond acceptors (Lipinski definition) is 5. The molecule has 0 bridgehead atoms. The predicted molar refractivity (Wildman–Crippen MR) is 119 cm³/mol. The Kier molecular flexibility index (Phi) is 7.57. The van der Waals surface area contributed by atoms with Gasteiger partial charge in [-0.25, -0.2) is 8.42 Å². The van der Waals surface area contributed by atoms with Gasteiger partial charge in [0.1, 0.15) is 0 Å². The summed E-state index contributed by atoms with van der Waals surface area (Å²) in [7, 11) is -1.62. The van der Waals surface area contributed by atoms with Gasteiger partial charge in [0.05, 0.1) is 31.2 Å². The van der Waals surface area contributed by atoms with E-state index in [1.165, 1.54) is 31.3 Å². The van der Waals surface area contributed by atoms with Crippen molar-refractivity contribution >= 4 is 15.9 Å². The van der Waals surface area contributed by atoms with Crippen LogP contribution >= 0.6 is 0 Å². The van der Waals surface area contributed by atoms with Crippen LogP contribution in [0.1, 0.15) is 16.7 Å². The lowest BCUT2D eigenvalue weighted by Crippen LogP contribution is -2.45. The average molecular weight is 499 g/mol. The zero-order valence-electron chi connectivity index (χ0n) is 18.8. The van der Waals surface area contributed by atoms with Gasteiger partial charge in [-0.15, -0.1) is 6.58 Å². The van der Waals surface area contributed by atoms with Crippen molar-refractivity contribution < 1.29 is 35.9 Å². The number of carbonyl (C=O) groups excluding carboxylic acids is 1. The van der Waals surface area contributed by atoms with Crippen molar-refractivity contribution in [2.75, 3.05) is 33.9 Å². The highest BCUT2D eigenvalue weighted by Gasteiger charge is 2.39. The second kappa shape index (κ2) is 10.1. The van der Waals surface area contributed by atoms with E-state index in [-0.39, 0.29) is 13.1 Å².